The highest BCUT2D eigenvalue weighted by Gasteiger charge is 2.33. The van der Waals surface area contributed by atoms with Crippen LogP contribution in [0.3, 0.4) is 0 Å². The van der Waals surface area contributed by atoms with Crippen molar-refractivity contribution in [3.8, 4) is 0 Å². The number of nitrogens with zero attached hydrogens (tertiary/aromatic N) is 3. The molecule has 1 aromatic carbocycles. The van der Waals surface area contributed by atoms with E-state index in [1.54, 1.807) is 19.1 Å². The van der Waals surface area contributed by atoms with Gasteiger partial charge in [-0.15, -0.1) is 0 Å². The van der Waals surface area contributed by atoms with Gasteiger partial charge in [0, 0.05) is 19.2 Å². The van der Waals surface area contributed by atoms with Gasteiger partial charge in [-0.25, -0.2) is 9.97 Å². The summed E-state index contributed by atoms with van der Waals surface area (Å²) < 4.78 is 44.6. The molecule has 0 bridgehead atoms. The van der Waals surface area contributed by atoms with Gasteiger partial charge >= 0.3 is 6.18 Å². The van der Waals surface area contributed by atoms with Gasteiger partial charge in [0.05, 0.1) is 24.5 Å². The number of alkyl halides is 3. The summed E-state index contributed by atoms with van der Waals surface area (Å²) in [7, 11) is 0. The molecule has 0 amide bonds. The Hall–Kier alpha value is -2.35. The number of hydrogen-bond acceptors (Lipinski definition) is 5. The third-order valence-corrected chi connectivity index (χ3v) is 3.65. The molecule has 8 heteroatoms. The lowest BCUT2D eigenvalue weighted by molar-refractivity contribution is -0.136. The van der Waals surface area contributed by atoms with Crippen LogP contribution in [0.1, 0.15) is 11.4 Å². The van der Waals surface area contributed by atoms with Crippen molar-refractivity contribution >= 4 is 17.3 Å². The number of anilines is 3. The zero-order valence-electron chi connectivity index (χ0n) is 13.1. The lowest BCUT2D eigenvalue weighted by atomic mass is 10.1. The highest BCUT2D eigenvalue weighted by molar-refractivity contribution is 5.63. The van der Waals surface area contributed by atoms with Crippen LogP contribution in [0, 0.1) is 6.92 Å². The normalized spacial score (nSPS) is 15.4. The molecule has 2 aromatic rings. The molecule has 24 heavy (non-hydrogen) atoms. The highest BCUT2D eigenvalue weighted by Crippen LogP contribution is 2.35. The molecule has 1 N–H and O–H groups in total. The topological polar surface area (TPSA) is 50.3 Å². The minimum atomic E-state index is -4.43. The third-order valence-electron chi connectivity index (χ3n) is 3.65. The van der Waals surface area contributed by atoms with E-state index in [1.165, 1.54) is 12.1 Å². The number of benzene rings is 1. The number of ether oxygens (including phenoxy) is 1. The van der Waals surface area contributed by atoms with Crippen molar-refractivity contribution in [2.24, 2.45) is 0 Å². The predicted octanol–water partition coefficient (Wildman–Crippen LogP) is 3.38. The average molecular weight is 338 g/mol. The second-order valence-corrected chi connectivity index (χ2v) is 5.43. The summed E-state index contributed by atoms with van der Waals surface area (Å²) in [5.74, 6) is 1.50. The summed E-state index contributed by atoms with van der Waals surface area (Å²) in [5, 5.41) is 2.77. The molecule has 1 aromatic heterocycles. The molecular formula is C16H17F3N4O. The first-order chi connectivity index (χ1) is 11.4. The number of aryl methyl sites for hydroxylation is 1. The van der Waals surface area contributed by atoms with E-state index in [0.29, 0.717) is 43.8 Å². The van der Waals surface area contributed by atoms with E-state index in [2.05, 4.69) is 15.3 Å². The van der Waals surface area contributed by atoms with Gasteiger partial charge in [-0.1, -0.05) is 12.1 Å². The van der Waals surface area contributed by atoms with Gasteiger partial charge in [-0.3, -0.25) is 0 Å². The first-order valence-electron chi connectivity index (χ1n) is 7.55. The van der Waals surface area contributed by atoms with Gasteiger partial charge in [0.2, 0.25) is 0 Å². The van der Waals surface area contributed by atoms with Crippen LogP contribution in [0.4, 0.5) is 30.5 Å². The van der Waals surface area contributed by atoms with Crippen LogP contribution in [0.15, 0.2) is 30.3 Å². The highest BCUT2D eigenvalue weighted by atomic mass is 19.4. The summed E-state index contributed by atoms with van der Waals surface area (Å²) in [4.78, 5) is 10.6. The van der Waals surface area contributed by atoms with E-state index in [-0.39, 0.29) is 5.69 Å². The molecular weight excluding hydrogens is 321 g/mol. The first-order valence-corrected chi connectivity index (χ1v) is 7.55. The van der Waals surface area contributed by atoms with Crippen molar-refractivity contribution in [2.75, 3.05) is 36.5 Å². The Morgan fingerprint density at radius 3 is 2.54 bits per heavy atom. The maximum absolute atomic E-state index is 13.1. The number of aromatic nitrogens is 2. The lowest BCUT2D eigenvalue weighted by Crippen LogP contribution is -2.36. The fourth-order valence-corrected chi connectivity index (χ4v) is 2.55. The fraction of sp³-hybridized carbons (Fsp3) is 0.375. The Morgan fingerprint density at radius 1 is 1.12 bits per heavy atom. The van der Waals surface area contributed by atoms with Crippen LogP contribution < -0.4 is 10.2 Å². The number of halogens is 3. The van der Waals surface area contributed by atoms with Gasteiger partial charge in [-0.2, -0.15) is 13.2 Å². The summed E-state index contributed by atoms with van der Waals surface area (Å²) in [6.45, 7) is 4.29. The van der Waals surface area contributed by atoms with Crippen LogP contribution in [0.2, 0.25) is 0 Å². The molecule has 1 aliphatic heterocycles. The average Bonchev–Trinajstić information content (AvgIpc) is 2.55. The van der Waals surface area contributed by atoms with Crippen molar-refractivity contribution in [3.05, 3.63) is 41.7 Å². The van der Waals surface area contributed by atoms with E-state index in [0.717, 1.165) is 6.07 Å². The van der Waals surface area contributed by atoms with E-state index in [4.69, 9.17) is 4.74 Å². The third kappa shape index (κ3) is 3.76. The smallest absolute Gasteiger partial charge is 0.378 e. The predicted molar refractivity (Wildman–Crippen MR) is 84.5 cm³/mol. The molecule has 1 saturated heterocycles. The molecule has 2 heterocycles. The van der Waals surface area contributed by atoms with Crippen LogP contribution >= 0.6 is 0 Å². The maximum atomic E-state index is 13.1. The van der Waals surface area contributed by atoms with E-state index in [1.807, 2.05) is 4.90 Å². The summed E-state index contributed by atoms with van der Waals surface area (Å²) in [5.41, 5.74) is -0.759. The van der Waals surface area contributed by atoms with Crippen molar-refractivity contribution in [2.45, 2.75) is 13.1 Å². The summed E-state index contributed by atoms with van der Waals surface area (Å²) >= 11 is 0. The van der Waals surface area contributed by atoms with Crippen LogP contribution in [0.25, 0.3) is 0 Å². The molecule has 3 rings (SSSR count). The van der Waals surface area contributed by atoms with Crippen molar-refractivity contribution in [3.63, 3.8) is 0 Å². The molecule has 0 spiro atoms. The fourth-order valence-electron chi connectivity index (χ4n) is 2.55. The Labute approximate surface area is 137 Å². The summed E-state index contributed by atoms with van der Waals surface area (Å²) in [6, 6.07) is 6.99. The Balaban J connectivity index is 1.90. The molecule has 0 radical (unpaired) electrons. The zero-order chi connectivity index (χ0) is 17.2. The van der Waals surface area contributed by atoms with Gasteiger partial charge in [0.1, 0.15) is 17.5 Å². The molecule has 5 nitrogen and oxygen atoms in total. The zero-order valence-corrected chi connectivity index (χ0v) is 13.1. The Kier molecular flexibility index (Phi) is 4.57. The van der Waals surface area contributed by atoms with Crippen LogP contribution in [-0.2, 0) is 10.9 Å². The second kappa shape index (κ2) is 6.64. The number of hydrogen-bond donors (Lipinski definition) is 1. The van der Waals surface area contributed by atoms with Crippen molar-refractivity contribution in [1.82, 2.24) is 9.97 Å². The van der Waals surface area contributed by atoms with Crippen molar-refractivity contribution < 1.29 is 17.9 Å². The van der Waals surface area contributed by atoms with Gasteiger partial charge in [0.25, 0.3) is 0 Å². The van der Waals surface area contributed by atoms with Gasteiger partial charge in [0.15, 0.2) is 0 Å². The second-order valence-electron chi connectivity index (χ2n) is 5.43. The number of morpholine rings is 1. The quantitative estimate of drug-likeness (QED) is 0.930. The molecule has 128 valence electrons. The molecule has 1 fully saturated rings. The summed E-state index contributed by atoms with van der Waals surface area (Å²) in [6.07, 6.45) is -4.43. The minimum Gasteiger partial charge on any atom is -0.378 e. The van der Waals surface area contributed by atoms with Gasteiger partial charge in [-0.05, 0) is 19.1 Å². The Bertz CT molecular complexity index is 715. The molecule has 1 aliphatic rings. The number of nitrogens with one attached hydrogen (secondary N) is 1. The maximum Gasteiger partial charge on any atom is 0.418 e. The van der Waals surface area contributed by atoms with E-state index < -0.39 is 11.7 Å². The SMILES string of the molecule is Cc1nc(Nc2ccccc2C(F)(F)F)cc(N2CCOCC2)n1. The first kappa shape index (κ1) is 16.5. The van der Waals surface area contributed by atoms with E-state index in [9.17, 15) is 13.2 Å². The molecule has 0 unspecified atom stereocenters. The van der Waals surface area contributed by atoms with Gasteiger partial charge < -0.3 is 15.0 Å². The monoisotopic (exact) mass is 338 g/mol. The minimum absolute atomic E-state index is 0.0315. The lowest BCUT2D eigenvalue weighted by Gasteiger charge is -2.28. The van der Waals surface area contributed by atoms with Crippen LogP contribution in [0.5, 0.6) is 0 Å². The number of para-hydroxylation sites is 1. The Morgan fingerprint density at radius 2 is 1.83 bits per heavy atom. The molecule has 0 aliphatic carbocycles. The standard InChI is InChI=1S/C16H17F3N4O/c1-11-20-14(10-15(21-11)23-6-8-24-9-7-23)22-13-5-3-2-4-12(13)16(17,18)19/h2-5,10H,6-9H2,1H3,(H,20,21,22). The molecule has 0 atom stereocenters. The van der Waals surface area contributed by atoms with E-state index >= 15 is 0 Å². The van der Waals surface area contributed by atoms with Crippen LogP contribution in [-0.4, -0.2) is 36.3 Å². The van der Waals surface area contributed by atoms with Crippen molar-refractivity contribution in [1.29, 1.82) is 0 Å². The largest absolute Gasteiger partial charge is 0.418 e. The number of rotatable bonds is 3. The molecule has 0 saturated carbocycles.